The van der Waals surface area contributed by atoms with Crippen LogP contribution in [0.15, 0.2) is 29.6 Å². The first kappa shape index (κ1) is 18.4. The van der Waals surface area contributed by atoms with Gasteiger partial charge in [-0.15, -0.1) is 23.7 Å². The molecule has 1 atom stereocenters. The quantitative estimate of drug-likeness (QED) is 0.881. The Labute approximate surface area is 149 Å². The fraction of sp³-hybridized carbons (Fsp3) is 0.500. The van der Waals surface area contributed by atoms with E-state index in [2.05, 4.69) is 41.5 Å². The second-order valence-corrected chi connectivity index (χ2v) is 7.19. The molecule has 0 saturated carbocycles. The molecule has 0 aliphatic carbocycles. The van der Waals surface area contributed by atoms with E-state index in [0.29, 0.717) is 0 Å². The van der Waals surface area contributed by atoms with E-state index in [1.54, 1.807) is 11.3 Å². The van der Waals surface area contributed by atoms with Gasteiger partial charge < -0.3 is 5.73 Å². The molecule has 1 aliphatic rings. The zero-order chi connectivity index (χ0) is 15.4. The highest BCUT2D eigenvalue weighted by atomic mass is 35.5. The molecule has 3 nitrogen and oxygen atoms in total. The molecular weight excluding hydrogens is 326 g/mol. The molecule has 0 bridgehead atoms. The van der Waals surface area contributed by atoms with Crippen LogP contribution in [-0.4, -0.2) is 29.5 Å². The first-order chi connectivity index (χ1) is 10.7. The topological polar surface area (TPSA) is 42.2 Å². The van der Waals surface area contributed by atoms with E-state index in [1.165, 1.54) is 42.8 Å². The number of aryl methyl sites for hydroxylation is 1. The van der Waals surface area contributed by atoms with Crippen molar-refractivity contribution in [1.82, 2.24) is 9.88 Å². The summed E-state index contributed by atoms with van der Waals surface area (Å²) in [7, 11) is 0. The summed E-state index contributed by atoms with van der Waals surface area (Å²) in [4.78, 5) is 7.37. The van der Waals surface area contributed by atoms with Crippen molar-refractivity contribution in [3.63, 3.8) is 0 Å². The number of aromatic nitrogens is 1. The number of nitrogens with two attached hydrogens (primary N) is 1. The van der Waals surface area contributed by atoms with Gasteiger partial charge in [-0.3, -0.25) is 4.90 Å². The van der Waals surface area contributed by atoms with Crippen LogP contribution < -0.4 is 5.73 Å². The molecule has 1 saturated heterocycles. The van der Waals surface area contributed by atoms with Gasteiger partial charge in [0.25, 0.3) is 0 Å². The molecule has 0 spiro atoms. The monoisotopic (exact) mass is 351 g/mol. The predicted molar refractivity (Wildman–Crippen MR) is 101 cm³/mol. The Hall–Kier alpha value is -0.940. The predicted octanol–water partition coefficient (Wildman–Crippen LogP) is 4.10. The number of halogens is 1. The summed E-state index contributed by atoms with van der Waals surface area (Å²) >= 11 is 1.75. The second kappa shape index (κ2) is 8.78. The Kier molecular flexibility index (Phi) is 7.03. The van der Waals surface area contributed by atoms with Crippen LogP contribution in [0.2, 0.25) is 0 Å². The Morgan fingerprint density at radius 2 is 2.09 bits per heavy atom. The maximum Gasteiger partial charge on any atom is 0.123 e. The SMILES string of the molecule is Cc1ccc(-c2nc(CN3CCCC(CCN)C3)cs2)cc1.Cl. The molecule has 2 N–H and O–H groups in total. The molecule has 126 valence electrons. The largest absolute Gasteiger partial charge is 0.330 e. The van der Waals surface area contributed by atoms with Gasteiger partial charge >= 0.3 is 0 Å². The number of piperidine rings is 1. The standard InChI is InChI=1S/C18H25N3S.ClH/c1-14-4-6-16(7-5-14)18-20-17(13-22-18)12-21-10-2-3-15(11-21)8-9-19;/h4-7,13,15H,2-3,8-12,19H2,1H3;1H. The van der Waals surface area contributed by atoms with Gasteiger partial charge in [-0.05, 0) is 45.2 Å². The lowest BCUT2D eigenvalue weighted by Crippen LogP contribution is -2.35. The van der Waals surface area contributed by atoms with Gasteiger partial charge in [0.15, 0.2) is 0 Å². The summed E-state index contributed by atoms with van der Waals surface area (Å²) in [5, 5.41) is 3.34. The number of rotatable bonds is 5. The Bertz CT molecular complexity index is 595. The second-order valence-electron chi connectivity index (χ2n) is 6.33. The smallest absolute Gasteiger partial charge is 0.123 e. The third-order valence-corrected chi connectivity index (χ3v) is 5.35. The minimum absolute atomic E-state index is 0. The average molecular weight is 352 g/mol. The number of hydrogen-bond acceptors (Lipinski definition) is 4. The van der Waals surface area contributed by atoms with Crippen molar-refractivity contribution in [1.29, 1.82) is 0 Å². The van der Waals surface area contributed by atoms with E-state index in [9.17, 15) is 0 Å². The highest BCUT2D eigenvalue weighted by Crippen LogP contribution is 2.26. The number of hydrogen-bond donors (Lipinski definition) is 1. The van der Waals surface area contributed by atoms with Gasteiger partial charge in [0, 0.05) is 24.0 Å². The lowest BCUT2D eigenvalue weighted by atomic mass is 9.95. The highest BCUT2D eigenvalue weighted by molar-refractivity contribution is 7.13. The molecule has 23 heavy (non-hydrogen) atoms. The molecule has 0 radical (unpaired) electrons. The van der Waals surface area contributed by atoms with Crippen LogP contribution in [0, 0.1) is 12.8 Å². The molecule has 1 aromatic carbocycles. The van der Waals surface area contributed by atoms with Crippen molar-refractivity contribution in [2.75, 3.05) is 19.6 Å². The summed E-state index contributed by atoms with van der Waals surface area (Å²) in [5.74, 6) is 0.772. The average Bonchev–Trinajstić information content (AvgIpc) is 2.97. The maximum atomic E-state index is 5.71. The summed E-state index contributed by atoms with van der Waals surface area (Å²) in [5.41, 5.74) is 9.42. The molecule has 1 fully saturated rings. The van der Waals surface area contributed by atoms with Crippen LogP contribution in [0.25, 0.3) is 10.6 Å². The van der Waals surface area contributed by atoms with Crippen molar-refractivity contribution < 1.29 is 0 Å². The molecule has 2 aromatic rings. The van der Waals surface area contributed by atoms with Gasteiger partial charge in [-0.2, -0.15) is 0 Å². The Morgan fingerprint density at radius 1 is 1.30 bits per heavy atom. The Balaban J connectivity index is 0.00000192. The number of likely N-dealkylation sites (tertiary alicyclic amines) is 1. The number of nitrogens with zero attached hydrogens (tertiary/aromatic N) is 2. The van der Waals surface area contributed by atoms with Crippen molar-refractivity contribution in [2.45, 2.75) is 32.7 Å². The molecule has 1 aliphatic heterocycles. The number of benzene rings is 1. The van der Waals surface area contributed by atoms with Gasteiger partial charge in [0.05, 0.1) is 5.69 Å². The van der Waals surface area contributed by atoms with E-state index >= 15 is 0 Å². The van der Waals surface area contributed by atoms with Gasteiger partial charge in [-0.25, -0.2) is 4.98 Å². The summed E-state index contributed by atoms with van der Waals surface area (Å²) in [6.07, 6.45) is 3.78. The van der Waals surface area contributed by atoms with Crippen molar-refractivity contribution >= 4 is 23.7 Å². The van der Waals surface area contributed by atoms with Crippen LogP contribution in [-0.2, 0) is 6.54 Å². The fourth-order valence-corrected chi connectivity index (χ4v) is 4.02. The minimum Gasteiger partial charge on any atom is -0.330 e. The normalized spacial score (nSPS) is 18.6. The molecule has 1 unspecified atom stereocenters. The summed E-state index contributed by atoms with van der Waals surface area (Å²) in [6, 6.07) is 8.63. The molecule has 2 heterocycles. The Morgan fingerprint density at radius 3 is 2.83 bits per heavy atom. The van der Waals surface area contributed by atoms with Crippen molar-refractivity contribution in [3.8, 4) is 10.6 Å². The fourth-order valence-electron chi connectivity index (χ4n) is 3.20. The molecule has 0 amide bonds. The van der Waals surface area contributed by atoms with Crippen LogP contribution in [0.3, 0.4) is 0 Å². The summed E-state index contributed by atoms with van der Waals surface area (Å²) < 4.78 is 0. The zero-order valence-electron chi connectivity index (χ0n) is 13.7. The molecule has 3 rings (SSSR count). The minimum atomic E-state index is 0. The lowest BCUT2D eigenvalue weighted by Gasteiger charge is -2.32. The van der Waals surface area contributed by atoms with Crippen LogP contribution >= 0.6 is 23.7 Å². The van der Waals surface area contributed by atoms with Crippen LogP contribution in [0.5, 0.6) is 0 Å². The van der Waals surface area contributed by atoms with E-state index in [-0.39, 0.29) is 12.4 Å². The molecule has 1 aromatic heterocycles. The summed E-state index contributed by atoms with van der Waals surface area (Å²) in [6.45, 7) is 6.27. The van der Waals surface area contributed by atoms with Crippen molar-refractivity contribution in [2.24, 2.45) is 11.7 Å². The molecular formula is C18H26ClN3S. The third kappa shape index (κ3) is 5.01. The zero-order valence-corrected chi connectivity index (χ0v) is 15.3. The van der Waals surface area contributed by atoms with E-state index in [0.717, 1.165) is 30.4 Å². The third-order valence-electron chi connectivity index (χ3n) is 4.41. The van der Waals surface area contributed by atoms with Gasteiger partial charge in [-0.1, -0.05) is 29.8 Å². The number of thiazole rings is 1. The van der Waals surface area contributed by atoms with E-state index in [1.807, 2.05) is 0 Å². The lowest BCUT2D eigenvalue weighted by molar-refractivity contribution is 0.162. The van der Waals surface area contributed by atoms with Gasteiger partial charge in [0.2, 0.25) is 0 Å². The first-order valence-corrected chi connectivity index (χ1v) is 9.06. The maximum absolute atomic E-state index is 5.71. The van der Waals surface area contributed by atoms with E-state index < -0.39 is 0 Å². The molecule has 5 heteroatoms. The highest BCUT2D eigenvalue weighted by Gasteiger charge is 2.20. The van der Waals surface area contributed by atoms with Crippen LogP contribution in [0.1, 0.15) is 30.5 Å². The van der Waals surface area contributed by atoms with Gasteiger partial charge in [0.1, 0.15) is 5.01 Å². The van der Waals surface area contributed by atoms with Crippen molar-refractivity contribution in [3.05, 3.63) is 40.9 Å². The van der Waals surface area contributed by atoms with Crippen LogP contribution in [0.4, 0.5) is 0 Å². The van der Waals surface area contributed by atoms with E-state index in [4.69, 9.17) is 10.7 Å². The first-order valence-electron chi connectivity index (χ1n) is 8.18.